The van der Waals surface area contributed by atoms with E-state index in [2.05, 4.69) is 13.8 Å². The minimum absolute atomic E-state index is 0.113. The van der Waals surface area contributed by atoms with Crippen molar-refractivity contribution in [3.05, 3.63) is 11.6 Å². The molecule has 0 spiro atoms. The van der Waals surface area contributed by atoms with Gasteiger partial charge in [-0.15, -0.1) is 0 Å². The molecule has 0 amide bonds. The molecule has 4 fully saturated rings. The predicted molar refractivity (Wildman–Crippen MR) is 108 cm³/mol. The number of carbonyl (C=O) groups is 1. The number of rotatable bonds is 1. The molecule has 4 aliphatic carbocycles. The molecule has 150 valence electrons. The molecule has 5 aliphatic rings. The Bertz CT molecular complexity index is 689. The molecule has 0 aromatic rings. The Balaban J connectivity index is 1.47. The molecule has 5 rings (SSSR count). The average molecular weight is 391 g/mol. The minimum Gasteiger partial charge on any atom is -0.458 e. The lowest BCUT2D eigenvalue weighted by Gasteiger charge is -2.63. The van der Waals surface area contributed by atoms with E-state index >= 15 is 0 Å². The van der Waals surface area contributed by atoms with Gasteiger partial charge in [0, 0.05) is 16.7 Å². The molecule has 3 nitrogen and oxygen atoms in total. The Morgan fingerprint density at radius 2 is 1.89 bits per heavy atom. The van der Waals surface area contributed by atoms with E-state index in [-0.39, 0.29) is 11.4 Å². The van der Waals surface area contributed by atoms with Crippen molar-refractivity contribution in [3.8, 4) is 0 Å². The van der Waals surface area contributed by atoms with Crippen LogP contribution in [0.5, 0.6) is 0 Å². The summed E-state index contributed by atoms with van der Waals surface area (Å²) < 4.78 is 5.22. The first-order chi connectivity index (χ1) is 12.8. The summed E-state index contributed by atoms with van der Waals surface area (Å²) in [7, 11) is 0. The van der Waals surface area contributed by atoms with Gasteiger partial charge < -0.3 is 9.84 Å². The highest BCUT2D eigenvalue weighted by molar-refractivity contribution is 7.80. The Labute approximate surface area is 168 Å². The predicted octanol–water partition coefficient (Wildman–Crippen LogP) is 4.54. The topological polar surface area (TPSA) is 46.5 Å². The molecule has 1 aliphatic heterocycles. The molecular formula is C23H34O3S. The van der Waals surface area contributed by atoms with Crippen molar-refractivity contribution < 1.29 is 14.6 Å². The number of aliphatic hydroxyl groups is 1. The van der Waals surface area contributed by atoms with Gasteiger partial charge in [0.2, 0.25) is 0 Å². The zero-order valence-corrected chi connectivity index (χ0v) is 17.6. The monoisotopic (exact) mass is 390 g/mol. The third kappa shape index (κ3) is 2.41. The molecule has 1 N–H and O–H groups in total. The van der Waals surface area contributed by atoms with Gasteiger partial charge in [0.15, 0.2) is 0 Å². The number of carbonyl (C=O) groups excluding carboxylic acids is 1. The average Bonchev–Trinajstić information content (AvgIpc) is 3.16. The molecule has 4 heteroatoms. The van der Waals surface area contributed by atoms with Crippen molar-refractivity contribution in [2.75, 3.05) is 6.61 Å². The van der Waals surface area contributed by atoms with Crippen LogP contribution in [0.4, 0.5) is 0 Å². The molecule has 1 heterocycles. The van der Waals surface area contributed by atoms with E-state index in [1.165, 1.54) is 38.5 Å². The third-order valence-corrected chi connectivity index (χ3v) is 10.4. The lowest BCUT2D eigenvalue weighted by molar-refractivity contribution is -0.203. The number of hydrogen-bond donors (Lipinski definition) is 2. The smallest absolute Gasteiger partial charge is 0.331 e. The molecule has 0 saturated heterocycles. The zero-order chi connectivity index (χ0) is 19.0. The maximum atomic E-state index is 12.2. The number of cyclic esters (lactones) is 1. The summed E-state index contributed by atoms with van der Waals surface area (Å²) in [6.45, 7) is 5.27. The summed E-state index contributed by atoms with van der Waals surface area (Å²) in [5.41, 5.74) is 0.812. The first kappa shape index (κ1) is 18.5. The zero-order valence-electron chi connectivity index (χ0n) is 16.7. The first-order valence-electron chi connectivity index (χ1n) is 11.1. The fourth-order valence-electron chi connectivity index (χ4n) is 8.39. The lowest BCUT2D eigenvalue weighted by Crippen LogP contribution is -2.62. The summed E-state index contributed by atoms with van der Waals surface area (Å²) in [4.78, 5) is 11.6. The summed E-state index contributed by atoms with van der Waals surface area (Å²) in [6.07, 6.45) is 12.1. The van der Waals surface area contributed by atoms with Crippen molar-refractivity contribution in [2.24, 2.45) is 34.5 Å². The van der Waals surface area contributed by atoms with E-state index in [1.54, 1.807) is 6.08 Å². The molecule has 0 bridgehead atoms. The van der Waals surface area contributed by atoms with Crippen molar-refractivity contribution in [3.63, 3.8) is 0 Å². The van der Waals surface area contributed by atoms with Crippen LogP contribution < -0.4 is 0 Å². The summed E-state index contributed by atoms with van der Waals surface area (Å²) >= 11 is 4.80. The number of esters is 1. The second-order valence-corrected chi connectivity index (χ2v) is 11.5. The highest BCUT2D eigenvalue weighted by atomic mass is 32.1. The van der Waals surface area contributed by atoms with Crippen LogP contribution in [0.3, 0.4) is 0 Å². The van der Waals surface area contributed by atoms with Crippen LogP contribution in [-0.4, -0.2) is 28.5 Å². The molecule has 27 heavy (non-hydrogen) atoms. The maximum absolute atomic E-state index is 12.2. The Kier molecular flexibility index (Phi) is 4.13. The van der Waals surface area contributed by atoms with Crippen molar-refractivity contribution in [2.45, 2.75) is 82.5 Å². The van der Waals surface area contributed by atoms with E-state index in [1.807, 2.05) is 0 Å². The van der Waals surface area contributed by atoms with Crippen LogP contribution in [0.2, 0.25) is 0 Å². The standard InChI is InChI=1S/C23H34O3S/c1-21-8-5-16(27)12-15(21)3-4-19-18(21)6-9-22(2)17(7-10-23(19,22)25)14-11-20(24)26-13-14/h11,15-19,25,27H,3-10,12-13H2,1-2H3/t15-,16+,17-,18+,19-,21+,22-,23+/m1/s1. The van der Waals surface area contributed by atoms with E-state index in [9.17, 15) is 9.90 Å². The van der Waals surface area contributed by atoms with Gasteiger partial charge in [0.1, 0.15) is 6.61 Å². The summed E-state index contributed by atoms with van der Waals surface area (Å²) in [5, 5.41) is 12.7. The van der Waals surface area contributed by atoms with Gasteiger partial charge in [-0.2, -0.15) is 12.6 Å². The number of hydrogen-bond acceptors (Lipinski definition) is 4. The van der Waals surface area contributed by atoms with Crippen LogP contribution in [0.25, 0.3) is 0 Å². The number of fused-ring (bicyclic) bond motifs is 5. The molecule has 0 radical (unpaired) electrons. The third-order valence-electron chi connectivity index (χ3n) is 9.96. The van der Waals surface area contributed by atoms with E-state index in [0.29, 0.717) is 35.0 Å². The normalized spacial score (nSPS) is 54.6. The van der Waals surface area contributed by atoms with E-state index < -0.39 is 5.60 Å². The Hall–Kier alpha value is -0.480. The maximum Gasteiger partial charge on any atom is 0.331 e. The van der Waals surface area contributed by atoms with Gasteiger partial charge in [-0.3, -0.25) is 0 Å². The summed E-state index contributed by atoms with van der Waals surface area (Å²) in [5.74, 6) is 1.94. The first-order valence-corrected chi connectivity index (χ1v) is 11.6. The number of ether oxygens (including phenoxy) is 1. The summed E-state index contributed by atoms with van der Waals surface area (Å²) in [6, 6.07) is 0. The lowest BCUT2D eigenvalue weighted by atomic mass is 9.43. The van der Waals surface area contributed by atoms with Crippen molar-refractivity contribution in [1.82, 2.24) is 0 Å². The van der Waals surface area contributed by atoms with E-state index in [0.717, 1.165) is 30.8 Å². The van der Waals surface area contributed by atoms with Gasteiger partial charge in [-0.1, -0.05) is 13.8 Å². The van der Waals surface area contributed by atoms with Gasteiger partial charge in [-0.05, 0) is 92.4 Å². The Morgan fingerprint density at radius 1 is 1.07 bits per heavy atom. The highest BCUT2D eigenvalue weighted by Crippen LogP contribution is 2.70. The fraction of sp³-hybridized carbons (Fsp3) is 0.870. The molecule has 0 aromatic carbocycles. The van der Waals surface area contributed by atoms with Crippen LogP contribution in [0, 0.1) is 34.5 Å². The SMILES string of the molecule is C[C@]12CC[C@H](S)C[C@H]1CC[C@@H]1[C@@H]2CC[C@]2(C)[C@@H](C3=CC(=O)OC3)CC[C@]12O. The van der Waals surface area contributed by atoms with Crippen LogP contribution in [0.1, 0.15) is 71.6 Å². The van der Waals surface area contributed by atoms with Gasteiger partial charge in [0.25, 0.3) is 0 Å². The Morgan fingerprint density at radius 3 is 2.63 bits per heavy atom. The second-order valence-electron chi connectivity index (χ2n) is 10.7. The fourth-order valence-corrected chi connectivity index (χ4v) is 8.77. The molecule has 8 atom stereocenters. The van der Waals surface area contributed by atoms with Crippen molar-refractivity contribution in [1.29, 1.82) is 0 Å². The largest absolute Gasteiger partial charge is 0.458 e. The van der Waals surface area contributed by atoms with Crippen molar-refractivity contribution >= 4 is 18.6 Å². The molecule has 0 unspecified atom stereocenters. The van der Waals surface area contributed by atoms with Crippen LogP contribution >= 0.6 is 12.6 Å². The van der Waals surface area contributed by atoms with Gasteiger partial charge in [0.05, 0.1) is 5.60 Å². The van der Waals surface area contributed by atoms with Gasteiger partial charge in [-0.25, -0.2) is 4.79 Å². The van der Waals surface area contributed by atoms with Crippen LogP contribution in [0.15, 0.2) is 11.6 Å². The van der Waals surface area contributed by atoms with Crippen LogP contribution in [-0.2, 0) is 9.53 Å². The minimum atomic E-state index is -0.584. The molecule has 0 aromatic heterocycles. The van der Waals surface area contributed by atoms with E-state index in [4.69, 9.17) is 17.4 Å². The molecular weight excluding hydrogens is 356 g/mol. The molecule has 4 saturated carbocycles. The number of thiol groups is 1. The van der Waals surface area contributed by atoms with Gasteiger partial charge >= 0.3 is 5.97 Å². The second kappa shape index (κ2) is 6.01. The quantitative estimate of drug-likeness (QED) is 0.510. The highest BCUT2D eigenvalue weighted by Gasteiger charge is 2.67.